The van der Waals surface area contributed by atoms with Gasteiger partial charge in [0, 0.05) is 12.1 Å². The second kappa shape index (κ2) is 5.89. The molecule has 1 saturated heterocycles. The summed E-state index contributed by atoms with van der Waals surface area (Å²) in [6.07, 6.45) is 2.43. The molecule has 1 rings (SSSR count). The predicted molar refractivity (Wildman–Crippen MR) is 59.5 cm³/mol. The zero-order chi connectivity index (χ0) is 9.57. The molecule has 0 radical (unpaired) electrons. The van der Waals surface area contributed by atoms with E-state index in [-0.39, 0.29) is 5.54 Å². The van der Waals surface area contributed by atoms with Crippen LogP contribution in [0.5, 0.6) is 0 Å². The van der Waals surface area contributed by atoms with Crippen LogP contribution in [-0.2, 0) is 4.74 Å². The smallest absolute Gasteiger partial charge is 0.0646 e. The molecule has 2 nitrogen and oxygen atoms in total. The SMILES string of the molecule is CCSCCCNC1(C)CCOC1. The molecule has 1 N–H and O–H groups in total. The third kappa shape index (κ3) is 4.34. The molecule has 0 aromatic carbocycles. The van der Waals surface area contributed by atoms with Gasteiger partial charge in [-0.15, -0.1) is 0 Å². The molecule has 13 heavy (non-hydrogen) atoms. The Morgan fingerprint density at radius 1 is 1.54 bits per heavy atom. The summed E-state index contributed by atoms with van der Waals surface area (Å²) in [7, 11) is 0. The highest BCUT2D eigenvalue weighted by molar-refractivity contribution is 7.99. The van der Waals surface area contributed by atoms with Crippen molar-refractivity contribution in [1.82, 2.24) is 5.32 Å². The first-order chi connectivity index (χ1) is 6.27. The molecule has 1 aliphatic rings. The number of ether oxygens (including phenoxy) is 1. The van der Waals surface area contributed by atoms with Gasteiger partial charge in [-0.1, -0.05) is 6.92 Å². The van der Waals surface area contributed by atoms with Gasteiger partial charge < -0.3 is 10.1 Å². The Bertz CT molecular complexity index is 135. The zero-order valence-corrected chi connectivity index (χ0v) is 9.58. The van der Waals surface area contributed by atoms with Crippen molar-refractivity contribution in [2.24, 2.45) is 0 Å². The largest absolute Gasteiger partial charge is 0.379 e. The Balaban J connectivity index is 1.98. The summed E-state index contributed by atoms with van der Waals surface area (Å²) >= 11 is 2.02. The highest BCUT2D eigenvalue weighted by Gasteiger charge is 2.28. The van der Waals surface area contributed by atoms with Gasteiger partial charge in [-0.25, -0.2) is 0 Å². The molecule has 1 atom stereocenters. The lowest BCUT2D eigenvalue weighted by molar-refractivity contribution is 0.172. The van der Waals surface area contributed by atoms with Crippen LogP contribution in [0.4, 0.5) is 0 Å². The van der Waals surface area contributed by atoms with Gasteiger partial charge in [-0.2, -0.15) is 11.8 Å². The number of hydrogen-bond donors (Lipinski definition) is 1. The van der Waals surface area contributed by atoms with E-state index in [1.165, 1.54) is 17.9 Å². The number of nitrogens with one attached hydrogen (secondary N) is 1. The molecule has 0 aromatic heterocycles. The minimum absolute atomic E-state index is 0.261. The average Bonchev–Trinajstić information content (AvgIpc) is 2.53. The van der Waals surface area contributed by atoms with E-state index in [0.717, 1.165) is 26.2 Å². The van der Waals surface area contributed by atoms with Crippen LogP contribution in [0.3, 0.4) is 0 Å². The topological polar surface area (TPSA) is 21.3 Å². The normalized spacial score (nSPS) is 28.2. The highest BCUT2D eigenvalue weighted by Crippen LogP contribution is 2.17. The van der Waals surface area contributed by atoms with E-state index in [9.17, 15) is 0 Å². The monoisotopic (exact) mass is 203 g/mol. The summed E-state index contributed by atoms with van der Waals surface area (Å²) in [6, 6.07) is 0. The van der Waals surface area contributed by atoms with Gasteiger partial charge in [0.2, 0.25) is 0 Å². The van der Waals surface area contributed by atoms with Gasteiger partial charge in [0.05, 0.1) is 6.61 Å². The van der Waals surface area contributed by atoms with Gasteiger partial charge in [-0.3, -0.25) is 0 Å². The lowest BCUT2D eigenvalue weighted by Gasteiger charge is -2.23. The third-order valence-corrected chi connectivity index (χ3v) is 3.43. The van der Waals surface area contributed by atoms with Crippen molar-refractivity contribution in [3.8, 4) is 0 Å². The van der Waals surface area contributed by atoms with Gasteiger partial charge >= 0.3 is 0 Å². The molecule has 0 aromatic rings. The van der Waals surface area contributed by atoms with E-state index in [2.05, 4.69) is 19.2 Å². The Morgan fingerprint density at radius 2 is 2.38 bits per heavy atom. The van der Waals surface area contributed by atoms with Crippen molar-refractivity contribution in [3.63, 3.8) is 0 Å². The molecule has 1 fully saturated rings. The molecule has 78 valence electrons. The summed E-state index contributed by atoms with van der Waals surface area (Å²) in [4.78, 5) is 0. The van der Waals surface area contributed by atoms with E-state index in [4.69, 9.17) is 4.74 Å². The van der Waals surface area contributed by atoms with Gasteiger partial charge in [-0.05, 0) is 37.8 Å². The van der Waals surface area contributed by atoms with Crippen LogP contribution in [-0.4, -0.2) is 36.8 Å². The van der Waals surface area contributed by atoms with Crippen LogP contribution < -0.4 is 5.32 Å². The highest BCUT2D eigenvalue weighted by atomic mass is 32.2. The fourth-order valence-corrected chi connectivity index (χ4v) is 2.15. The Morgan fingerprint density at radius 3 is 3.00 bits per heavy atom. The van der Waals surface area contributed by atoms with Crippen LogP contribution in [0.2, 0.25) is 0 Å². The van der Waals surface area contributed by atoms with Crippen LogP contribution in [0.1, 0.15) is 26.7 Å². The van der Waals surface area contributed by atoms with E-state index < -0.39 is 0 Å². The second-order valence-electron chi connectivity index (χ2n) is 3.84. The van der Waals surface area contributed by atoms with E-state index in [1.807, 2.05) is 11.8 Å². The molecule has 0 aliphatic carbocycles. The lowest BCUT2D eigenvalue weighted by Crippen LogP contribution is -2.43. The van der Waals surface area contributed by atoms with Crippen molar-refractivity contribution in [3.05, 3.63) is 0 Å². The molecule has 1 unspecified atom stereocenters. The van der Waals surface area contributed by atoms with E-state index in [0.29, 0.717) is 0 Å². The second-order valence-corrected chi connectivity index (χ2v) is 5.23. The summed E-state index contributed by atoms with van der Waals surface area (Å²) < 4.78 is 5.37. The van der Waals surface area contributed by atoms with Crippen LogP contribution in [0.25, 0.3) is 0 Å². The molecule has 0 bridgehead atoms. The van der Waals surface area contributed by atoms with Crippen LogP contribution in [0.15, 0.2) is 0 Å². The van der Waals surface area contributed by atoms with Crippen molar-refractivity contribution in [2.45, 2.75) is 32.2 Å². The lowest BCUT2D eigenvalue weighted by atomic mass is 10.0. The number of hydrogen-bond acceptors (Lipinski definition) is 3. The molecular formula is C10H21NOS. The summed E-state index contributed by atoms with van der Waals surface area (Å²) in [6.45, 7) is 7.41. The molecule has 1 heterocycles. The molecule has 1 aliphatic heterocycles. The molecule has 0 amide bonds. The molecule has 0 spiro atoms. The number of thioether (sulfide) groups is 1. The first kappa shape index (κ1) is 11.3. The van der Waals surface area contributed by atoms with Gasteiger partial charge in [0.15, 0.2) is 0 Å². The molecule has 0 saturated carbocycles. The van der Waals surface area contributed by atoms with Crippen molar-refractivity contribution >= 4 is 11.8 Å². The quantitative estimate of drug-likeness (QED) is 0.666. The standard InChI is InChI=1S/C10H21NOS/c1-3-13-8-4-6-11-10(2)5-7-12-9-10/h11H,3-9H2,1-2H3. The van der Waals surface area contributed by atoms with Gasteiger partial charge in [0.1, 0.15) is 0 Å². The maximum absolute atomic E-state index is 5.37. The fraction of sp³-hybridized carbons (Fsp3) is 1.00. The van der Waals surface area contributed by atoms with E-state index >= 15 is 0 Å². The van der Waals surface area contributed by atoms with Crippen LogP contribution >= 0.6 is 11.8 Å². The summed E-state index contributed by atoms with van der Waals surface area (Å²) in [5.41, 5.74) is 0.261. The Kier molecular flexibility index (Phi) is 5.14. The van der Waals surface area contributed by atoms with Gasteiger partial charge in [0.25, 0.3) is 0 Å². The fourth-order valence-electron chi connectivity index (χ4n) is 1.52. The minimum atomic E-state index is 0.261. The maximum atomic E-state index is 5.37. The maximum Gasteiger partial charge on any atom is 0.0646 e. The molecule has 3 heteroatoms. The molecular weight excluding hydrogens is 182 g/mol. The average molecular weight is 203 g/mol. The third-order valence-electron chi connectivity index (χ3n) is 2.44. The van der Waals surface area contributed by atoms with Crippen molar-refractivity contribution in [1.29, 1.82) is 0 Å². The number of rotatable bonds is 6. The summed E-state index contributed by atoms with van der Waals surface area (Å²) in [5.74, 6) is 2.51. The summed E-state index contributed by atoms with van der Waals surface area (Å²) in [5, 5.41) is 3.58. The van der Waals surface area contributed by atoms with Crippen LogP contribution in [0, 0.1) is 0 Å². The van der Waals surface area contributed by atoms with E-state index in [1.54, 1.807) is 0 Å². The Hall–Kier alpha value is 0.270. The minimum Gasteiger partial charge on any atom is -0.379 e. The Labute approximate surface area is 85.8 Å². The predicted octanol–water partition coefficient (Wildman–Crippen LogP) is 1.90. The zero-order valence-electron chi connectivity index (χ0n) is 8.77. The first-order valence-electron chi connectivity index (χ1n) is 5.17. The van der Waals surface area contributed by atoms with Crippen molar-refractivity contribution in [2.75, 3.05) is 31.3 Å². The van der Waals surface area contributed by atoms with Crippen molar-refractivity contribution < 1.29 is 4.74 Å². The first-order valence-corrected chi connectivity index (χ1v) is 6.33.